The van der Waals surface area contributed by atoms with Crippen LogP contribution < -0.4 is 28.7 Å². The van der Waals surface area contributed by atoms with Crippen molar-refractivity contribution < 1.29 is 38.2 Å². The molecule has 3 atom stereocenters. The number of hydrogen-bond acceptors (Lipinski definition) is 4. The Kier molecular flexibility index (Phi) is 9.20. The fourth-order valence-corrected chi connectivity index (χ4v) is 2.96. The van der Waals surface area contributed by atoms with Gasteiger partial charge in [-0.05, 0) is 42.9 Å². The third-order valence-electron chi connectivity index (χ3n) is 4.28. The van der Waals surface area contributed by atoms with Gasteiger partial charge >= 0.3 is 18.9 Å². The molecule has 1 aliphatic rings. The van der Waals surface area contributed by atoms with E-state index < -0.39 is 0 Å². The minimum atomic E-state index is -0.235. The van der Waals surface area contributed by atoms with E-state index in [4.69, 9.17) is 14.2 Å². The first-order valence-corrected chi connectivity index (χ1v) is 8.41. The standard InChI is InChI=1S/C20H28O4.Li/c1-14-5-10-19(21)24-20(15(2)11-14)16(3)12-23-13-17-6-8-18(22-4)9-7-17;/h6-11,15-16,20-21H,5,12-13H2,1-4H3;/q;+1/p-1/b14-11-,19-10-;/t15-,16-,20+;/m0./s1. The fraction of sp³-hybridized carbons (Fsp3) is 0.500. The largest absolute Gasteiger partial charge is 1.00 e. The molecule has 0 saturated carbocycles. The van der Waals surface area contributed by atoms with Crippen LogP contribution in [0.3, 0.4) is 0 Å². The average Bonchev–Trinajstić information content (AvgIpc) is 2.57. The Hall–Kier alpha value is -1.34. The number of allylic oxidation sites excluding steroid dienone is 2. The molecule has 0 N–H and O–H groups in total. The molecule has 4 nitrogen and oxygen atoms in total. The number of benzene rings is 1. The van der Waals surface area contributed by atoms with Gasteiger partial charge in [-0.3, -0.25) is 0 Å². The van der Waals surface area contributed by atoms with Crippen molar-refractivity contribution in [2.75, 3.05) is 13.7 Å². The van der Waals surface area contributed by atoms with Crippen LogP contribution >= 0.6 is 0 Å². The summed E-state index contributed by atoms with van der Waals surface area (Å²) in [5.41, 5.74) is 2.30. The van der Waals surface area contributed by atoms with Gasteiger partial charge in [0.15, 0.2) is 0 Å². The Bertz CT molecular complexity index is 580. The van der Waals surface area contributed by atoms with Crippen LogP contribution in [0.2, 0.25) is 0 Å². The smallest absolute Gasteiger partial charge is 0.609 e. The number of methoxy groups -OCH3 is 1. The molecule has 0 spiro atoms. The van der Waals surface area contributed by atoms with E-state index in [9.17, 15) is 5.11 Å². The molecule has 1 aromatic rings. The Balaban J connectivity index is 0.00000312. The minimum absolute atomic E-state index is 0. The molecular weight excluding hydrogens is 311 g/mol. The normalized spacial score (nSPS) is 25.8. The van der Waals surface area contributed by atoms with Gasteiger partial charge in [-0.1, -0.05) is 43.7 Å². The topological polar surface area (TPSA) is 50.8 Å². The molecule has 0 amide bonds. The van der Waals surface area contributed by atoms with Crippen LogP contribution in [0.5, 0.6) is 5.75 Å². The Morgan fingerprint density at radius 1 is 1.28 bits per heavy atom. The molecule has 1 aliphatic heterocycles. The van der Waals surface area contributed by atoms with Crippen molar-refractivity contribution in [1.82, 2.24) is 0 Å². The summed E-state index contributed by atoms with van der Waals surface area (Å²) in [6.45, 7) is 7.28. The van der Waals surface area contributed by atoms with E-state index in [-0.39, 0.29) is 42.7 Å². The predicted molar refractivity (Wildman–Crippen MR) is 92.3 cm³/mol. The van der Waals surface area contributed by atoms with Crippen molar-refractivity contribution >= 4 is 0 Å². The van der Waals surface area contributed by atoms with E-state index in [1.165, 1.54) is 5.57 Å². The van der Waals surface area contributed by atoms with Crippen LogP contribution in [-0.4, -0.2) is 19.8 Å². The first kappa shape index (κ1) is 21.7. The zero-order chi connectivity index (χ0) is 17.5. The number of rotatable bonds is 6. The summed E-state index contributed by atoms with van der Waals surface area (Å²) in [7, 11) is 1.65. The summed E-state index contributed by atoms with van der Waals surface area (Å²) < 4.78 is 16.6. The molecule has 25 heavy (non-hydrogen) atoms. The SMILES string of the molecule is COc1ccc(COC[C@H](C)[C@@H]2O/C([O-])=C\C/C(C)=C\[C@@H]2C)cc1.[Li+]. The molecule has 0 aromatic heterocycles. The van der Waals surface area contributed by atoms with Gasteiger partial charge in [0.25, 0.3) is 0 Å². The minimum Gasteiger partial charge on any atom is -0.609 e. The Morgan fingerprint density at radius 2 is 1.96 bits per heavy atom. The maximum atomic E-state index is 11.8. The van der Waals surface area contributed by atoms with Crippen LogP contribution in [0, 0.1) is 11.8 Å². The maximum absolute atomic E-state index is 11.8. The third kappa shape index (κ3) is 6.82. The van der Waals surface area contributed by atoms with E-state index in [1.54, 1.807) is 13.2 Å². The van der Waals surface area contributed by atoms with Crippen LogP contribution in [0.25, 0.3) is 0 Å². The first-order valence-electron chi connectivity index (χ1n) is 8.41. The van der Waals surface area contributed by atoms with Gasteiger partial charge in [-0.25, -0.2) is 0 Å². The molecule has 0 saturated heterocycles. The van der Waals surface area contributed by atoms with Gasteiger partial charge in [0.2, 0.25) is 0 Å². The molecular formula is C20H27LiO4. The molecule has 1 heterocycles. The molecule has 132 valence electrons. The summed E-state index contributed by atoms with van der Waals surface area (Å²) in [5, 5.41) is 11.8. The monoisotopic (exact) mass is 338 g/mol. The second kappa shape index (κ2) is 10.6. The van der Waals surface area contributed by atoms with Crippen molar-refractivity contribution in [2.45, 2.75) is 39.9 Å². The fourth-order valence-electron chi connectivity index (χ4n) is 2.96. The van der Waals surface area contributed by atoms with Crippen LogP contribution in [-0.2, 0) is 16.1 Å². The van der Waals surface area contributed by atoms with Crippen molar-refractivity contribution in [3.8, 4) is 5.75 Å². The van der Waals surface area contributed by atoms with E-state index in [1.807, 2.05) is 31.2 Å². The van der Waals surface area contributed by atoms with Gasteiger partial charge in [-0.2, -0.15) is 0 Å². The molecule has 1 aromatic carbocycles. The van der Waals surface area contributed by atoms with Crippen LogP contribution in [0.4, 0.5) is 0 Å². The molecule has 5 heteroatoms. The first-order chi connectivity index (χ1) is 11.5. The number of hydrogen-bond donors (Lipinski definition) is 0. The van der Waals surface area contributed by atoms with Crippen molar-refractivity contribution in [3.05, 3.63) is 53.5 Å². The molecule has 0 bridgehead atoms. The summed E-state index contributed by atoms with van der Waals surface area (Å²) in [6.07, 6.45) is 4.29. The Morgan fingerprint density at radius 3 is 2.60 bits per heavy atom. The quantitative estimate of drug-likeness (QED) is 0.557. The van der Waals surface area contributed by atoms with E-state index in [0.29, 0.717) is 19.6 Å². The molecule has 0 radical (unpaired) electrons. The van der Waals surface area contributed by atoms with Gasteiger partial charge in [-0.15, -0.1) is 0 Å². The molecule has 2 rings (SSSR count). The summed E-state index contributed by atoms with van der Waals surface area (Å²) in [5.74, 6) is 0.905. The second-order valence-corrected chi connectivity index (χ2v) is 6.52. The molecule has 0 unspecified atom stereocenters. The van der Waals surface area contributed by atoms with Crippen molar-refractivity contribution in [3.63, 3.8) is 0 Å². The Labute approximate surface area is 163 Å². The summed E-state index contributed by atoms with van der Waals surface area (Å²) in [4.78, 5) is 0. The maximum Gasteiger partial charge on any atom is 1.00 e. The van der Waals surface area contributed by atoms with Gasteiger partial charge in [0.05, 0.1) is 20.3 Å². The zero-order valence-electron chi connectivity index (χ0n) is 16.0. The average molecular weight is 338 g/mol. The van der Waals surface area contributed by atoms with E-state index in [0.717, 1.165) is 11.3 Å². The van der Waals surface area contributed by atoms with Crippen LogP contribution in [0.15, 0.2) is 47.9 Å². The van der Waals surface area contributed by atoms with Crippen LogP contribution in [0.1, 0.15) is 32.8 Å². The van der Waals surface area contributed by atoms with Crippen molar-refractivity contribution in [2.24, 2.45) is 11.8 Å². The van der Waals surface area contributed by atoms with E-state index in [2.05, 4.69) is 19.9 Å². The van der Waals surface area contributed by atoms with Gasteiger partial charge < -0.3 is 19.3 Å². The summed E-state index contributed by atoms with van der Waals surface area (Å²) >= 11 is 0. The van der Waals surface area contributed by atoms with Gasteiger partial charge in [0.1, 0.15) is 5.75 Å². The van der Waals surface area contributed by atoms with Crippen molar-refractivity contribution in [1.29, 1.82) is 0 Å². The second-order valence-electron chi connectivity index (χ2n) is 6.52. The zero-order valence-corrected chi connectivity index (χ0v) is 16.0. The third-order valence-corrected chi connectivity index (χ3v) is 4.28. The number of ether oxygens (including phenoxy) is 3. The predicted octanol–water partition coefficient (Wildman–Crippen LogP) is 0.425. The van der Waals surface area contributed by atoms with Gasteiger partial charge in [0, 0.05) is 12.0 Å². The van der Waals surface area contributed by atoms with E-state index >= 15 is 0 Å². The molecule has 0 fully saturated rings. The summed E-state index contributed by atoms with van der Waals surface area (Å²) in [6, 6.07) is 7.82. The molecule has 0 aliphatic carbocycles.